The van der Waals surface area contributed by atoms with Crippen molar-refractivity contribution < 1.29 is 23.9 Å². The number of carbonyl (C=O) groups is 4. The van der Waals surface area contributed by atoms with E-state index in [0.29, 0.717) is 16.2 Å². The van der Waals surface area contributed by atoms with E-state index in [1.807, 2.05) is 45.0 Å². The van der Waals surface area contributed by atoms with Crippen molar-refractivity contribution in [3.8, 4) is 5.75 Å². The Bertz CT molecular complexity index is 1130. The predicted octanol–water partition coefficient (Wildman–Crippen LogP) is 3.61. The lowest BCUT2D eigenvalue weighted by Gasteiger charge is -2.22. The number of imide groups is 1. The molecule has 0 radical (unpaired) electrons. The van der Waals surface area contributed by atoms with Crippen LogP contribution in [0.2, 0.25) is 0 Å². The molecular formula is C26H29N3O5S. The minimum absolute atomic E-state index is 0.0406. The number of amides is 4. The van der Waals surface area contributed by atoms with Crippen LogP contribution in [0.4, 0.5) is 4.79 Å². The van der Waals surface area contributed by atoms with Crippen molar-refractivity contribution in [1.82, 2.24) is 15.5 Å². The third-order valence-corrected chi connectivity index (χ3v) is 6.38. The summed E-state index contributed by atoms with van der Waals surface area (Å²) in [6.45, 7) is 5.74. The molecule has 8 nitrogen and oxygen atoms in total. The van der Waals surface area contributed by atoms with Crippen LogP contribution in [0.5, 0.6) is 5.75 Å². The van der Waals surface area contributed by atoms with Gasteiger partial charge in [0, 0.05) is 18.7 Å². The summed E-state index contributed by atoms with van der Waals surface area (Å²) < 4.78 is 5.10. The lowest BCUT2D eigenvalue weighted by atomic mass is 10.0. The number of rotatable bonds is 9. The molecule has 9 heteroatoms. The Hall–Kier alpha value is -3.59. The molecule has 4 amide bonds. The van der Waals surface area contributed by atoms with Gasteiger partial charge in [-0.2, -0.15) is 0 Å². The van der Waals surface area contributed by atoms with Crippen LogP contribution in [-0.2, 0) is 9.59 Å². The zero-order valence-electron chi connectivity index (χ0n) is 20.2. The normalized spacial score (nSPS) is 15.5. The maximum Gasteiger partial charge on any atom is 0.293 e. The average molecular weight is 496 g/mol. The Morgan fingerprint density at radius 1 is 1.06 bits per heavy atom. The first-order chi connectivity index (χ1) is 16.7. The minimum Gasteiger partial charge on any atom is -0.497 e. The Morgan fingerprint density at radius 3 is 2.31 bits per heavy atom. The van der Waals surface area contributed by atoms with Gasteiger partial charge in [-0.3, -0.25) is 24.1 Å². The molecule has 35 heavy (non-hydrogen) atoms. The van der Waals surface area contributed by atoms with Crippen LogP contribution in [0.15, 0.2) is 53.4 Å². The number of ether oxygens (including phenoxy) is 1. The molecule has 2 N–H and O–H groups in total. The van der Waals surface area contributed by atoms with Gasteiger partial charge in [-0.1, -0.05) is 43.7 Å². The molecular weight excluding hydrogens is 466 g/mol. The van der Waals surface area contributed by atoms with Crippen LogP contribution in [-0.4, -0.2) is 54.1 Å². The fourth-order valence-electron chi connectivity index (χ4n) is 3.41. The molecule has 184 valence electrons. The summed E-state index contributed by atoms with van der Waals surface area (Å²) in [5.74, 6) is -0.701. The number of aryl methyl sites for hydroxylation is 1. The van der Waals surface area contributed by atoms with E-state index in [4.69, 9.17) is 4.74 Å². The largest absolute Gasteiger partial charge is 0.497 e. The number of nitrogens with zero attached hydrogens (tertiary/aromatic N) is 1. The minimum atomic E-state index is -0.777. The molecule has 0 bridgehead atoms. The zero-order chi connectivity index (χ0) is 25.5. The molecule has 0 spiro atoms. The summed E-state index contributed by atoms with van der Waals surface area (Å²) in [7, 11) is 1.54. The van der Waals surface area contributed by atoms with Crippen molar-refractivity contribution >= 4 is 40.8 Å². The van der Waals surface area contributed by atoms with Crippen LogP contribution >= 0.6 is 11.8 Å². The molecule has 1 aliphatic heterocycles. The number of thioether (sulfide) groups is 1. The molecule has 1 atom stereocenters. The Morgan fingerprint density at radius 2 is 1.71 bits per heavy atom. The van der Waals surface area contributed by atoms with Crippen LogP contribution in [0.3, 0.4) is 0 Å². The summed E-state index contributed by atoms with van der Waals surface area (Å²) >= 11 is 0.879. The van der Waals surface area contributed by atoms with Crippen molar-refractivity contribution in [3.63, 3.8) is 0 Å². The highest BCUT2D eigenvalue weighted by Gasteiger charge is 2.35. The Labute approximate surface area is 209 Å². The first-order valence-electron chi connectivity index (χ1n) is 11.2. The SMILES string of the molecule is COc1ccc(C(=O)NC(C(=O)NCCN2C(=O)SC(=Cc3ccc(C)cc3)C2=O)C(C)C)cc1. The maximum atomic E-state index is 12.8. The first-order valence-corrected chi connectivity index (χ1v) is 12.1. The zero-order valence-corrected chi connectivity index (χ0v) is 21.0. The van der Waals surface area contributed by atoms with E-state index in [9.17, 15) is 19.2 Å². The monoisotopic (exact) mass is 495 g/mol. The van der Waals surface area contributed by atoms with E-state index in [1.165, 1.54) is 7.11 Å². The average Bonchev–Trinajstić information content (AvgIpc) is 3.10. The molecule has 1 saturated heterocycles. The summed E-state index contributed by atoms with van der Waals surface area (Å²) in [5.41, 5.74) is 2.34. The van der Waals surface area contributed by atoms with Gasteiger partial charge in [0.25, 0.3) is 17.1 Å². The smallest absolute Gasteiger partial charge is 0.293 e. The third-order valence-electron chi connectivity index (χ3n) is 5.47. The number of hydrogen-bond acceptors (Lipinski definition) is 6. The second-order valence-corrected chi connectivity index (χ2v) is 9.45. The quantitative estimate of drug-likeness (QED) is 0.515. The Balaban J connectivity index is 1.56. The van der Waals surface area contributed by atoms with Crippen LogP contribution < -0.4 is 15.4 Å². The molecule has 2 aromatic rings. The number of nitrogens with one attached hydrogen (secondary N) is 2. The van der Waals surface area contributed by atoms with E-state index in [-0.39, 0.29) is 42.0 Å². The molecule has 2 aromatic carbocycles. The van der Waals surface area contributed by atoms with Gasteiger partial charge in [0.1, 0.15) is 11.8 Å². The number of hydrogen-bond donors (Lipinski definition) is 2. The van der Waals surface area contributed by atoms with E-state index < -0.39 is 6.04 Å². The van der Waals surface area contributed by atoms with Gasteiger partial charge in [0.15, 0.2) is 0 Å². The van der Waals surface area contributed by atoms with Gasteiger partial charge >= 0.3 is 0 Å². The van der Waals surface area contributed by atoms with E-state index in [1.54, 1.807) is 30.3 Å². The molecule has 1 unspecified atom stereocenters. The first kappa shape index (κ1) is 26.0. The van der Waals surface area contributed by atoms with E-state index in [2.05, 4.69) is 10.6 Å². The van der Waals surface area contributed by atoms with Crippen molar-refractivity contribution in [2.45, 2.75) is 26.8 Å². The molecule has 1 heterocycles. The van der Waals surface area contributed by atoms with Gasteiger partial charge in [-0.25, -0.2) is 0 Å². The summed E-state index contributed by atoms with van der Waals surface area (Å²) in [4.78, 5) is 51.9. The van der Waals surface area contributed by atoms with Gasteiger partial charge in [-0.05, 0) is 60.5 Å². The number of methoxy groups -OCH3 is 1. The van der Waals surface area contributed by atoms with Crippen molar-refractivity contribution in [1.29, 1.82) is 0 Å². The number of carbonyl (C=O) groups excluding carboxylic acids is 4. The molecule has 3 rings (SSSR count). The van der Waals surface area contributed by atoms with Gasteiger partial charge in [0.2, 0.25) is 5.91 Å². The predicted molar refractivity (Wildman–Crippen MR) is 136 cm³/mol. The summed E-state index contributed by atoms with van der Waals surface area (Å²) in [5, 5.41) is 5.10. The summed E-state index contributed by atoms with van der Waals surface area (Å²) in [6, 6.07) is 13.4. The van der Waals surface area contributed by atoms with Gasteiger partial charge in [0.05, 0.1) is 12.0 Å². The third kappa shape index (κ3) is 6.73. The lowest BCUT2D eigenvalue weighted by Crippen LogP contribution is -2.51. The molecule has 0 aromatic heterocycles. The van der Waals surface area contributed by atoms with Crippen molar-refractivity contribution in [2.75, 3.05) is 20.2 Å². The molecule has 0 saturated carbocycles. The topological polar surface area (TPSA) is 105 Å². The van der Waals surface area contributed by atoms with E-state index >= 15 is 0 Å². The highest BCUT2D eigenvalue weighted by atomic mass is 32.2. The molecule has 1 fully saturated rings. The fourth-order valence-corrected chi connectivity index (χ4v) is 4.27. The molecule has 0 aliphatic carbocycles. The standard InChI is InChI=1S/C26H29N3O5S/c1-16(2)22(28-23(30)19-9-11-20(34-4)12-10-19)24(31)27-13-14-29-25(32)21(35-26(29)33)15-18-7-5-17(3)6-8-18/h5-12,15-16,22H,13-14H2,1-4H3,(H,27,31)(H,28,30). The molecule has 1 aliphatic rings. The van der Waals surface area contributed by atoms with Crippen molar-refractivity contribution in [3.05, 3.63) is 70.1 Å². The fraction of sp³-hybridized carbons (Fsp3) is 0.308. The van der Waals surface area contributed by atoms with Gasteiger partial charge < -0.3 is 15.4 Å². The maximum absolute atomic E-state index is 12.8. The van der Waals surface area contributed by atoms with Crippen LogP contribution in [0.25, 0.3) is 6.08 Å². The van der Waals surface area contributed by atoms with Crippen LogP contribution in [0, 0.1) is 12.8 Å². The highest BCUT2D eigenvalue weighted by molar-refractivity contribution is 8.18. The van der Waals surface area contributed by atoms with Crippen LogP contribution in [0.1, 0.15) is 35.3 Å². The van der Waals surface area contributed by atoms with Gasteiger partial charge in [-0.15, -0.1) is 0 Å². The second kappa shape index (κ2) is 11.7. The lowest BCUT2D eigenvalue weighted by molar-refractivity contribution is -0.125. The van der Waals surface area contributed by atoms with E-state index in [0.717, 1.165) is 27.8 Å². The second-order valence-electron chi connectivity index (χ2n) is 8.46. The number of benzene rings is 2. The summed E-state index contributed by atoms with van der Waals surface area (Å²) in [6.07, 6.45) is 1.69. The highest BCUT2D eigenvalue weighted by Crippen LogP contribution is 2.31. The van der Waals surface area contributed by atoms with Crippen molar-refractivity contribution in [2.24, 2.45) is 5.92 Å². The Kier molecular flexibility index (Phi) is 8.70.